The predicted molar refractivity (Wildman–Crippen MR) is 68.1 cm³/mol. The zero-order chi connectivity index (χ0) is 13.1. The molecule has 1 heterocycles. The van der Waals surface area contributed by atoms with Crippen LogP contribution in [0.1, 0.15) is 30.5 Å². The second kappa shape index (κ2) is 5.52. The highest BCUT2D eigenvalue weighted by Gasteiger charge is 2.31. The monoisotopic (exact) mass is 251 g/mol. The van der Waals surface area contributed by atoms with Crippen LogP contribution in [0.2, 0.25) is 0 Å². The second-order valence-electron chi connectivity index (χ2n) is 4.96. The maximum Gasteiger partial charge on any atom is 0.223 e. The van der Waals surface area contributed by atoms with Gasteiger partial charge in [-0.05, 0) is 31.7 Å². The van der Waals surface area contributed by atoms with E-state index < -0.39 is 0 Å². The Morgan fingerprint density at radius 1 is 1.61 bits per heavy atom. The van der Waals surface area contributed by atoms with Gasteiger partial charge in [0.2, 0.25) is 5.91 Å². The molecule has 0 aromatic carbocycles. The highest BCUT2D eigenvalue weighted by Crippen LogP contribution is 2.27. The third-order valence-corrected chi connectivity index (χ3v) is 3.37. The van der Waals surface area contributed by atoms with Crippen molar-refractivity contribution in [3.05, 3.63) is 17.5 Å². The van der Waals surface area contributed by atoms with E-state index in [1.807, 2.05) is 25.1 Å². The number of carbonyl (C=O) groups is 1. The molecule has 0 bridgehead atoms. The quantitative estimate of drug-likeness (QED) is 0.807. The first-order valence-corrected chi connectivity index (χ1v) is 6.51. The fourth-order valence-corrected chi connectivity index (χ4v) is 2.28. The van der Waals surface area contributed by atoms with E-state index in [0.29, 0.717) is 19.0 Å². The Morgan fingerprint density at radius 2 is 2.33 bits per heavy atom. The van der Waals surface area contributed by atoms with E-state index in [-0.39, 0.29) is 12.5 Å². The molecule has 1 saturated carbocycles. The van der Waals surface area contributed by atoms with Gasteiger partial charge >= 0.3 is 0 Å². The van der Waals surface area contributed by atoms with Crippen molar-refractivity contribution in [2.24, 2.45) is 7.05 Å². The standard InChI is InChI=1S/C13H21N3O2/c1-10-11(9-15(2)14-10)3-6-13(18)16(7-8-17)12-4-5-12/h9,12,17H,3-8H2,1-2H3. The van der Waals surface area contributed by atoms with Gasteiger partial charge in [-0.2, -0.15) is 5.10 Å². The first-order chi connectivity index (χ1) is 8.61. The molecule has 1 aromatic rings. The first-order valence-electron chi connectivity index (χ1n) is 6.51. The van der Waals surface area contributed by atoms with Crippen molar-refractivity contribution in [1.82, 2.24) is 14.7 Å². The van der Waals surface area contributed by atoms with Gasteiger partial charge in [0.05, 0.1) is 12.3 Å². The summed E-state index contributed by atoms with van der Waals surface area (Å²) in [6.45, 7) is 2.48. The van der Waals surface area contributed by atoms with Gasteiger partial charge in [-0.1, -0.05) is 0 Å². The molecule has 2 rings (SSSR count). The number of amides is 1. The minimum Gasteiger partial charge on any atom is -0.395 e. The molecule has 0 saturated heterocycles. The molecule has 1 fully saturated rings. The fraction of sp³-hybridized carbons (Fsp3) is 0.692. The van der Waals surface area contributed by atoms with Crippen LogP contribution in [0.25, 0.3) is 0 Å². The molecule has 100 valence electrons. The first kappa shape index (κ1) is 13.1. The molecule has 1 aliphatic carbocycles. The minimum atomic E-state index is 0.0498. The Bertz CT molecular complexity index is 424. The maximum absolute atomic E-state index is 12.1. The van der Waals surface area contributed by atoms with Crippen LogP contribution in [-0.4, -0.2) is 44.9 Å². The Labute approximate surface area is 107 Å². The van der Waals surface area contributed by atoms with E-state index in [9.17, 15) is 4.79 Å². The Balaban J connectivity index is 1.88. The van der Waals surface area contributed by atoms with Gasteiger partial charge in [0, 0.05) is 32.3 Å². The molecule has 1 aliphatic rings. The number of aliphatic hydroxyl groups is 1. The van der Waals surface area contributed by atoms with Crippen LogP contribution in [0.3, 0.4) is 0 Å². The van der Waals surface area contributed by atoms with Gasteiger partial charge in [0.1, 0.15) is 0 Å². The van der Waals surface area contributed by atoms with Crippen molar-refractivity contribution >= 4 is 5.91 Å². The lowest BCUT2D eigenvalue weighted by Gasteiger charge is -2.21. The molecule has 0 aliphatic heterocycles. The molecular formula is C13H21N3O2. The molecule has 18 heavy (non-hydrogen) atoms. The zero-order valence-corrected chi connectivity index (χ0v) is 11.1. The van der Waals surface area contributed by atoms with Crippen LogP contribution in [-0.2, 0) is 18.3 Å². The van der Waals surface area contributed by atoms with E-state index in [4.69, 9.17) is 5.11 Å². The highest BCUT2D eigenvalue weighted by atomic mass is 16.3. The molecular weight excluding hydrogens is 230 g/mol. The van der Waals surface area contributed by atoms with Crippen LogP contribution in [0.15, 0.2) is 6.20 Å². The average molecular weight is 251 g/mol. The summed E-state index contributed by atoms with van der Waals surface area (Å²) >= 11 is 0. The van der Waals surface area contributed by atoms with Gasteiger partial charge in [-0.3, -0.25) is 9.48 Å². The Morgan fingerprint density at radius 3 is 2.83 bits per heavy atom. The summed E-state index contributed by atoms with van der Waals surface area (Å²) in [5, 5.41) is 13.3. The zero-order valence-electron chi connectivity index (χ0n) is 11.1. The van der Waals surface area contributed by atoms with Crippen molar-refractivity contribution in [2.75, 3.05) is 13.2 Å². The number of nitrogens with zero attached hydrogens (tertiary/aromatic N) is 3. The van der Waals surface area contributed by atoms with Crippen LogP contribution in [0.5, 0.6) is 0 Å². The van der Waals surface area contributed by atoms with E-state index in [1.54, 1.807) is 4.68 Å². The predicted octanol–water partition coefficient (Wildman–Crippen LogP) is 0.644. The van der Waals surface area contributed by atoms with Gasteiger partial charge in [-0.15, -0.1) is 0 Å². The Hall–Kier alpha value is -1.36. The van der Waals surface area contributed by atoms with Crippen LogP contribution < -0.4 is 0 Å². The largest absolute Gasteiger partial charge is 0.395 e. The molecule has 0 radical (unpaired) electrons. The number of hydrogen-bond acceptors (Lipinski definition) is 3. The van der Waals surface area contributed by atoms with Crippen molar-refractivity contribution in [3.63, 3.8) is 0 Å². The lowest BCUT2D eigenvalue weighted by molar-refractivity contribution is -0.132. The number of carbonyl (C=O) groups excluding carboxylic acids is 1. The van der Waals surface area contributed by atoms with E-state index in [1.165, 1.54) is 0 Å². The summed E-state index contributed by atoms with van der Waals surface area (Å²) in [5.74, 6) is 0.148. The van der Waals surface area contributed by atoms with Gasteiger partial charge < -0.3 is 10.0 Å². The van der Waals surface area contributed by atoms with Crippen LogP contribution in [0.4, 0.5) is 0 Å². The number of aryl methyl sites for hydroxylation is 3. The maximum atomic E-state index is 12.1. The normalized spacial score (nSPS) is 14.8. The second-order valence-corrected chi connectivity index (χ2v) is 4.96. The van der Waals surface area contributed by atoms with Crippen molar-refractivity contribution in [2.45, 2.75) is 38.6 Å². The fourth-order valence-electron chi connectivity index (χ4n) is 2.28. The number of rotatable bonds is 6. The molecule has 5 heteroatoms. The number of hydrogen-bond donors (Lipinski definition) is 1. The summed E-state index contributed by atoms with van der Waals surface area (Å²) < 4.78 is 1.78. The third kappa shape index (κ3) is 3.10. The molecule has 0 unspecified atom stereocenters. The highest BCUT2D eigenvalue weighted by molar-refractivity contribution is 5.77. The smallest absolute Gasteiger partial charge is 0.223 e. The Kier molecular flexibility index (Phi) is 4.01. The third-order valence-electron chi connectivity index (χ3n) is 3.37. The summed E-state index contributed by atoms with van der Waals surface area (Å²) in [4.78, 5) is 13.9. The lowest BCUT2D eigenvalue weighted by atomic mass is 10.1. The summed E-state index contributed by atoms with van der Waals surface area (Å²) in [6.07, 6.45) is 5.36. The summed E-state index contributed by atoms with van der Waals surface area (Å²) in [7, 11) is 1.89. The van der Waals surface area contributed by atoms with E-state index in [0.717, 1.165) is 30.5 Å². The van der Waals surface area contributed by atoms with E-state index >= 15 is 0 Å². The number of aromatic nitrogens is 2. The number of aliphatic hydroxyl groups excluding tert-OH is 1. The minimum absolute atomic E-state index is 0.0498. The molecule has 0 spiro atoms. The molecule has 1 aromatic heterocycles. The topological polar surface area (TPSA) is 58.4 Å². The van der Waals surface area contributed by atoms with Crippen LogP contribution in [0, 0.1) is 6.92 Å². The van der Waals surface area contributed by atoms with Gasteiger partial charge in [0.15, 0.2) is 0 Å². The lowest BCUT2D eigenvalue weighted by Crippen LogP contribution is -2.35. The van der Waals surface area contributed by atoms with Gasteiger partial charge in [-0.25, -0.2) is 0 Å². The molecule has 1 amide bonds. The van der Waals surface area contributed by atoms with Crippen molar-refractivity contribution in [3.8, 4) is 0 Å². The molecule has 0 atom stereocenters. The SMILES string of the molecule is Cc1nn(C)cc1CCC(=O)N(CCO)C1CC1. The van der Waals surface area contributed by atoms with Gasteiger partial charge in [0.25, 0.3) is 0 Å². The van der Waals surface area contributed by atoms with Crippen LogP contribution >= 0.6 is 0 Å². The molecule has 1 N–H and O–H groups in total. The summed E-state index contributed by atoms with van der Waals surface area (Å²) in [6, 6.07) is 0.375. The summed E-state index contributed by atoms with van der Waals surface area (Å²) in [5.41, 5.74) is 2.12. The average Bonchev–Trinajstić information content (AvgIpc) is 3.10. The van der Waals surface area contributed by atoms with Crippen molar-refractivity contribution in [1.29, 1.82) is 0 Å². The van der Waals surface area contributed by atoms with Crippen molar-refractivity contribution < 1.29 is 9.90 Å². The van der Waals surface area contributed by atoms with E-state index in [2.05, 4.69) is 5.10 Å². The molecule has 5 nitrogen and oxygen atoms in total.